The summed E-state index contributed by atoms with van der Waals surface area (Å²) in [6.45, 7) is 3.54. The zero-order chi connectivity index (χ0) is 17.4. The van der Waals surface area contributed by atoms with E-state index >= 15 is 0 Å². The van der Waals surface area contributed by atoms with Crippen LogP contribution in [0.4, 0.5) is 14.9 Å². The smallest absolute Gasteiger partial charge is 0.317 e. The number of hydrogen-bond acceptors (Lipinski definition) is 3. The molecule has 25 heavy (non-hydrogen) atoms. The van der Waals surface area contributed by atoms with Crippen molar-refractivity contribution in [1.82, 2.24) is 15.1 Å². The van der Waals surface area contributed by atoms with Gasteiger partial charge in [-0.1, -0.05) is 12.1 Å². The van der Waals surface area contributed by atoms with Crippen molar-refractivity contribution in [1.29, 1.82) is 0 Å². The zero-order valence-corrected chi connectivity index (χ0v) is 14.2. The first-order valence-corrected chi connectivity index (χ1v) is 8.99. The van der Waals surface area contributed by atoms with Crippen LogP contribution in [0.1, 0.15) is 19.3 Å². The molecule has 0 spiro atoms. The molecule has 0 bridgehead atoms. The number of nitrogens with one attached hydrogen (secondary N) is 1. The van der Waals surface area contributed by atoms with Crippen molar-refractivity contribution in [2.45, 2.75) is 31.3 Å². The van der Waals surface area contributed by atoms with Crippen LogP contribution in [0.3, 0.4) is 0 Å². The van der Waals surface area contributed by atoms with Gasteiger partial charge in [-0.05, 0) is 37.9 Å². The average Bonchev–Trinajstić information content (AvgIpc) is 3.21. The van der Waals surface area contributed by atoms with Crippen molar-refractivity contribution in [2.24, 2.45) is 0 Å². The Hall–Kier alpha value is -2.15. The van der Waals surface area contributed by atoms with E-state index < -0.39 is 0 Å². The summed E-state index contributed by atoms with van der Waals surface area (Å²) in [5.74, 6) is -0.390. The van der Waals surface area contributed by atoms with Crippen LogP contribution in [0.5, 0.6) is 0 Å². The molecule has 1 N–H and O–H groups in total. The molecule has 3 aliphatic rings. The van der Waals surface area contributed by atoms with Crippen LogP contribution >= 0.6 is 0 Å². The van der Waals surface area contributed by atoms with E-state index in [4.69, 9.17) is 0 Å². The van der Waals surface area contributed by atoms with Gasteiger partial charge in [0.15, 0.2) is 0 Å². The molecule has 3 fully saturated rings. The number of carbonyl (C=O) groups is 2. The van der Waals surface area contributed by atoms with Gasteiger partial charge in [0.1, 0.15) is 5.82 Å². The molecule has 3 amide bonds. The Kier molecular flexibility index (Phi) is 4.33. The minimum Gasteiger partial charge on any atom is -0.336 e. The van der Waals surface area contributed by atoms with Crippen molar-refractivity contribution in [3.8, 4) is 0 Å². The predicted molar refractivity (Wildman–Crippen MR) is 91.9 cm³/mol. The van der Waals surface area contributed by atoms with Gasteiger partial charge >= 0.3 is 6.03 Å². The van der Waals surface area contributed by atoms with Crippen LogP contribution in [0.25, 0.3) is 0 Å². The zero-order valence-electron chi connectivity index (χ0n) is 14.2. The van der Waals surface area contributed by atoms with Gasteiger partial charge in [-0.25, -0.2) is 9.18 Å². The second kappa shape index (κ2) is 6.63. The molecule has 3 saturated heterocycles. The molecule has 0 unspecified atom stereocenters. The number of hydrogen-bond donors (Lipinski definition) is 1. The number of para-hydroxylation sites is 1. The quantitative estimate of drug-likeness (QED) is 0.901. The van der Waals surface area contributed by atoms with E-state index in [1.165, 1.54) is 6.07 Å². The van der Waals surface area contributed by atoms with Gasteiger partial charge in [-0.2, -0.15) is 0 Å². The van der Waals surface area contributed by atoms with Crippen molar-refractivity contribution in [2.75, 3.05) is 37.6 Å². The molecule has 134 valence electrons. The number of likely N-dealkylation sites (tertiary alicyclic amines) is 1. The molecule has 0 saturated carbocycles. The summed E-state index contributed by atoms with van der Waals surface area (Å²) < 4.78 is 14.0. The third kappa shape index (κ3) is 2.97. The summed E-state index contributed by atoms with van der Waals surface area (Å²) in [7, 11) is 0. The summed E-state index contributed by atoms with van der Waals surface area (Å²) in [5.41, 5.74) is 0.363. The van der Waals surface area contributed by atoms with E-state index in [0.29, 0.717) is 25.2 Å². The Morgan fingerprint density at radius 2 is 1.92 bits per heavy atom. The van der Waals surface area contributed by atoms with E-state index in [9.17, 15) is 14.0 Å². The molecule has 1 aromatic carbocycles. The Labute approximate surface area is 146 Å². The summed E-state index contributed by atoms with van der Waals surface area (Å²) in [6.07, 6.45) is 2.64. The summed E-state index contributed by atoms with van der Waals surface area (Å²) >= 11 is 0. The van der Waals surface area contributed by atoms with Gasteiger partial charge < -0.3 is 15.1 Å². The molecule has 2 atom stereocenters. The monoisotopic (exact) mass is 346 g/mol. The molecule has 0 aromatic heterocycles. The fourth-order valence-electron chi connectivity index (χ4n) is 4.27. The van der Waals surface area contributed by atoms with Crippen molar-refractivity contribution in [3.63, 3.8) is 0 Å². The van der Waals surface area contributed by atoms with E-state index in [1.54, 1.807) is 23.1 Å². The lowest BCUT2D eigenvalue weighted by atomic mass is 10.0. The standard InChI is InChI=1S/C18H23FN4O2/c19-14-5-1-2-6-15(14)23-10-7-16(17(23)24)21-9-3-4-13(12-21)22-11-8-20-18(22)25/h1-2,5-6,13,16H,3-4,7-12H2,(H,20,25)/t13-,16-/m1/s1. The first-order valence-electron chi connectivity index (χ1n) is 8.99. The Balaban J connectivity index is 1.46. The number of benzene rings is 1. The molecule has 3 aliphatic heterocycles. The number of anilines is 1. The second-order valence-corrected chi connectivity index (χ2v) is 6.96. The van der Waals surface area contributed by atoms with Crippen LogP contribution < -0.4 is 10.2 Å². The fourth-order valence-corrected chi connectivity index (χ4v) is 4.27. The van der Waals surface area contributed by atoms with Gasteiger partial charge in [0, 0.05) is 32.2 Å². The normalized spacial score (nSPS) is 27.9. The van der Waals surface area contributed by atoms with E-state index in [1.807, 2.05) is 4.90 Å². The first-order chi connectivity index (χ1) is 12.1. The average molecular weight is 346 g/mol. The largest absolute Gasteiger partial charge is 0.336 e. The highest BCUT2D eigenvalue weighted by atomic mass is 19.1. The molecular weight excluding hydrogens is 323 g/mol. The minimum absolute atomic E-state index is 0.00224. The molecule has 6 nitrogen and oxygen atoms in total. The van der Waals surface area contributed by atoms with Crippen LogP contribution in [-0.2, 0) is 4.79 Å². The van der Waals surface area contributed by atoms with E-state index in [2.05, 4.69) is 10.2 Å². The highest BCUT2D eigenvalue weighted by Gasteiger charge is 2.40. The Morgan fingerprint density at radius 1 is 1.08 bits per heavy atom. The molecular formula is C18H23FN4O2. The fraction of sp³-hybridized carbons (Fsp3) is 0.556. The summed E-state index contributed by atoms with van der Waals surface area (Å²) in [4.78, 5) is 30.4. The Bertz CT molecular complexity index is 683. The molecule has 0 aliphatic carbocycles. The van der Waals surface area contributed by atoms with Crippen molar-refractivity contribution < 1.29 is 14.0 Å². The first kappa shape index (κ1) is 16.3. The maximum Gasteiger partial charge on any atom is 0.317 e. The van der Waals surface area contributed by atoms with Crippen LogP contribution in [0, 0.1) is 5.82 Å². The number of rotatable bonds is 3. The number of piperidine rings is 1. The topological polar surface area (TPSA) is 55.9 Å². The maximum atomic E-state index is 14.0. The molecule has 4 rings (SSSR count). The third-order valence-electron chi connectivity index (χ3n) is 5.52. The number of amides is 3. The highest BCUT2D eigenvalue weighted by Crippen LogP contribution is 2.29. The Morgan fingerprint density at radius 3 is 2.68 bits per heavy atom. The predicted octanol–water partition coefficient (Wildman–Crippen LogP) is 1.42. The van der Waals surface area contributed by atoms with Crippen LogP contribution in [-0.4, -0.2) is 66.5 Å². The number of carbonyl (C=O) groups excluding carboxylic acids is 2. The lowest BCUT2D eigenvalue weighted by molar-refractivity contribution is -0.122. The number of halogens is 1. The SMILES string of the molecule is O=C1[C@H](N2CCC[C@@H](N3CCNC3=O)C2)CCN1c1ccccc1F. The van der Waals surface area contributed by atoms with Gasteiger partial charge in [-0.3, -0.25) is 9.69 Å². The minimum atomic E-state index is -0.359. The van der Waals surface area contributed by atoms with Crippen molar-refractivity contribution in [3.05, 3.63) is 30.1 Å². The third-order valence-corrected chi connectivity index (χ3v) is 5.52. The summed E-state index contributed by atoms with van der Waals surface area (Å²) in [6, 6.07) is 6.37. The van der Waals surface area contributed by atoms with E-state index in [-0.39, 0.29) is 29.8 Å². The molecule has 3 heterocycles. The van der Waals surface area contributed by atoms with Gasteiger partial charge in [-0.15, -0.1) is 0 Å². The lowest BCUT2D eigenvalue weighted by Gasteiger charge is -2.39. The molecule has 1 aromatic rings. The molecule has 7 heteroatoms. The van der Waals surface area contributed by atoms with Crippen LogP contribution in [0.15, 0.2) is 24.3 Å². The number of urea groups is 1. The molecule has 0 radical (unpaired) electrons. The van der Waals surface area contributed by atoms with Gasteiger partial charge in [0.05, 0.1) is 11.7 Å². The number of nitrogens with zero attached hydrogens (tertiary/aromatic N) is 3. The van der Waals surface area contributed by atoms with Gasteiger partial charge in [0.2, 0.25) is 5.91 Å². The van der Waals surface area contributed by atoms with E-state index in [0.717, 1.165) is 32.5 Å². The maximum absolute atomic E-state index is 14.0. The summed E-state index contributed by atoms with van der Waals surface area (Å²) in [5, 5.41) is 2.85. The lowest BCUT2D eigenvalue weighted by Crippen LogP contribution is -2.53. The van der Waals surface area contributed by atoms with Crippen LogP contribution in [0.2, 0.25) is 0 Å². The highest BCUT2D eigenvalue weighted by molar-refractivity contribution is 5.99. The second-order valence-electron chi connectivity index (χ2n) is 6.96. The van der Waals surface area contributed by atoms with Gasteiger partial charge in [0.25, 0.3) is 0 Å². The van der Waals surface area contributed by atoms with Crippen molar-refractivity contribution >= 4 is 17.6 Å².